The van der Waals surface area contributed by atoms with Crippen LogP contribution in [0.2, 0.25) is 0 Å². The lowest BCUT2D eigenvalue weighted by Gasteiger charge is -1.98. The van der Waals surface area contributed by atoms with Crippen LogP contribution in [0.3, 0.4) is 0 Å². The highest BCUT2D eigenvalue weighted by Crippen LogP contribution is 2.26. The fourth-order valence-electron chi connectivity index (χ4n) is 1.87. The Labute approximate surface area is 126 Å². The molecular formula is C13H11Br2N3O. The smallest absolute Gasteiger partial charge is 0.183 e. The van der Waals surface area contributed by atoms with E-state index in [4.69, 9.17) is 4.42 Å². The van der Waals surface area contributed by atoms with Gasteiger partial charge in [-0.05, 0) is 50.1 Å². The number of nitrogens with one attached hydrogen (secondary N) is 2. The summed E-state index contributed by atoms with van der Waals surface area (Å²) in [5.41, 5.74) is 2.05. The minimum atomic E-state index is 0.654. The molecule has 3 rings (SSSR count). The van der Waals surface area contributed by atoms with Gasteiger partial charge in [-0.15, -0.1) is 0 Å². The molecule has 6 heteroatoms. The van der Waals surface area contributed by atoms with Gasteiger partial charge in [-0.3, -0.25) is 0 Å². The molecule has 0 spiro atoms. The third kappa shape index (κ3) is 2.91. The average molecular weight is 385 g/mol. The van der Waals surface area contributed by atoms with Crippen molar-refractivity contribution in [1.82, 2.24) is 15.3 Å². The number of fused-ring (bicyclic) bond motifs is 1. The summed E-state index contributed by atoms with van der Waals surface area (Å²) >= 11 is 6.71. The van der Waals surface area contributed by atoms with E-state index >= 15 is 0 Å². The zero-order chi connectivity index (χ0) is 13.2. The van der Waals surface area contributed by atoms with Crippen molar-refractivity contribution in [2.75, 3.05) is 0 Å². The average Bonchev–Trinajstić information content (AvgIpc) is 2.93. The fraction of sp³-hybridized carbons (Fsp3) is 0.154. The summed E-state index contributed by atoms with van der Waals surface area (Å²) in [6.07, 6.45) is 0. The van der Waals surface area contributed by atoms with E-state index in [-0.39, 0.29) is 0 Å². The Morgan fingerprint density at radius 1 is 1.21 bits per heavy atom. The number of benzene rings is 1. The van der Waals surface area contributed by atoms with Crippen LogP contribution in [0, 0.1) is 0 Å². The van der Waals surface area contributed by atoms with Crippen molar-refractivity contribution >= 4 is 42.9 Å². The lowest BCUT2D eigenvalue weighted by atomic mass is 10.3. The molecule has 0 bridgehead atoms. The number of nitrogens with zero attached hydrogens (tertiary/aromatic N) is 1. The molecule has 0 unspecified atom stereocenters. The van der Waals surface area contributed by atoms with Crippen molar-refractivity contribution in [3.05, 3.63) is 51.1 Å². The highest BCUT2D eigenvalue weighted by molar-refractivity contribution is 9.13. The molecule has 0 aliphatic heterocycles. The Kier molecular flexibility index (Phi) is 3.72. The van der Waals surface area contributed by atoms with Gasteiger partial charge in [-0.2, -0.15) is 0 Å². The Bertz CT molecular complexity index is 652. The summed E-state index contributed by atoms with van der Waals surface area (Å²) in [7, 11) is 0. The maximum Gasteiger partial charge on any atom is 0.183 e. The lowest BCUT2D eigenvalue weighted by molar-refractivity contribution is 0.462. The summed E-state index contributed by atoms with van der Waals surface area (Å²) in [6.45, 7) is 1.33. The van der Waals surface area contributed by atoms with Crippen LogP contribution in [0.5, 0.6) is 0 Å². The molecule has 0 saturated heterocycles. The third-order valence-corrected chi connectivity index (χ3v) is 4.44. The number of H-pyrrole nitrogens is 1. The number of para-hydroxylation sites is 2. The SMILES string of the molecule is Brc1cc(CNCc2nc3ccccc3[nH]2)oc1Br. The normalized spacial score (nSPS) is 11.3. The second kappa shape index (κ2) is 5.48. The first-order valence-corrected chi connectivity index (χ1v) is 7.39. The summed E-state index contributed by atoms with van der Waals surface area (Å²) < 4.78 is 7.13. The molecule has 2 N–H and O–H groups in total. The molecule has 2 heterocycles. The number of furan rings is 1. The van der Waals surface area contributed by atoms with Gasteiger partial charge in [0.1, 0.15) is 11.6 Å². The van der Waals surface area contributed by atoms with Gasteiger partial charge in [0.25, 0.3) is 0 Å². The van der Waals surface area contributed by atoms with E-state index in [0.29, 0.717) is 17.8 Å². The predicted molar refractivity (Wildman–Crippen MR) is 80.7 cm³/mol. The first-order chi connectivity index (χ1) is 9.22. The first-order valence-electron chi connectivity index (χ1n) is 5.80. The van der Waals surface area contributed by atoms with Crippen LogP contribution in [0.1, 0.15) is 11.6 Å². The molecule has 0 radical (unpaired) electrons. The summed E-state index contributed by atoms with van der Waals surface area (Å²) in [5, 5.41) is 3.29. The molecular weight excluding hydrogens is 374 g/mol. The lowest BCUT2D eigenvalue weighted by Crippen LogP contribution is -2.13. The van der Waals surface area contributed by atoms with Gasteiger partial charge in [0.2, 0.25) is 0 Å². The monoisotopic (exact) mass is 383 g/mol. The third-order valence-electron chi connectivity index (χ3n) is 2.73. The Morgan fingerprint density at radius 2 is 2.05 bits per heavy atom. The van der Waals surface area contributed by atoms with Crippen LogP contribution in [0.4, 0.5) is 0 Å². The largest absolute Gasteiger partial charge is 0.452 e. The van der Waals surface area contributed by atoms with Crippen molar-refractivity contribution in [3.63, 3.8) is 0 Å². The number of hydrogen-bond donors (Lipinski definition) is 2. The molecule has 4 nitrogen and oxygen atoms in total. The molecule has 0 fully saturated rings. The highest BCUT2D eigenvalue weighted by Gasteiger charge is 2.06. The van der Waals surface area contributed by atoms with E-state index in [9.17, 15) is 0 Å². The number of imidazole rings is 1. The van der Waals surface area contributed by atoms with E-state index in [1.54, 1.807) is 0 Å². The number of aromatic nitrogens is 2. The van der Waals surface area contributed by atoms with Gasteiger partial charge in [-0.25, -0.2) is 4.98 Å². The zero-order valence-electron chi connectivity index (χ0n) is 9.91. The van der Waals surface area contributed by atoms with Gasteiger partial charge in [-0.1, -0.05) is 12.1 Å². The van der Waals surface area contributed by atoms with Crippen LogP contribution >= 0.6 is 31.9 Å². The maximum atomic E-state index is 5.49. The topological polar surface area (TPSA) is 53.9 Å². The molecule has 0 atom stereocenters. The highest BCUT2D eigenvalue weighted by atomic mass is 79.9. The van der Waals surface area contributed by atoms with E-state index < -0.39 is 0 Å². The minimum Gasteiger partial charge on any atom is -0.452 e. The van der Waals surface area contributed by atoms with Crippen LogP contribution in [0.15, 0.2) is 43.9 Å². The zero-order valence-corrected chi connectivity index (χ0v) is 13.1. The van der Waals surface area contributed by atoms with Crippen molar-refractivity contribution < 1.29 is 4.42 Å². The second-order valence-corrected chi connectivity index (χ2v) is 5.71. The van der Waals surface area contributed by atoms with Crippen molar-refractivity contribution in [2.24, 2.45) is 0 Å². The van der Waals surface area contributed by atoms with Crippen molar-refractivity contribution in [1.29, 1.82) is 0 Å². The molecule has 19 heavy (non-hydrogen) atoms. The number of hydrogen-bond acceptors (Lipinski definition) is 3. The van der Waals surface area contributed by atoms with Crippen LogP contribution < -0.4 is 5.32 Å². The van der Waals surface area contributed by atoms with Crippen LogP contribution in [0.25, 0.3) is 11.0 Å². The molecule has 0 amide bonds. The predicted octanol–water partition coefficient (Wildman–Crippen LogP) is 3.97. The summed E-state index contributed by atoms with van der Waals surface area (Å²) in [4.78, 5) is 7.78. The summed E-state index contributed by atoms with van der Waals surface area (Å²) in [5.74, 6) is 1.79. The first kappa shape index (κ1) is 12.9. The van der Waals surface area contributed by atoms with Crippen LogP contribution in [-0.2, 0) is 13.1 Å². The molecule has 1 aromatic carbocycles. The van der Waals surface area contributed by atoms with Gasteiger partial charge in [0.05, 0.1) is 28.6 Å². The van der Waals surface area contributed by atoms with Gasteiger partial charge in [0, 0.05) is 0 Å². The molecule has 0 aliphatic carbocycles. The molecule has 3 aromatic rings. The quantitative estimate of drug-likeness (QED) is 0.715. The molecule has 0 saturated carbocycles. The van der Waals surface area contributed by atoms with Gasteiger partial charge in [0.15, 0.2) is 4.67 Å². The number of rotatable bonds is 4. The number of halogens is 2. The van der Waals surface area contributed by atoms with E-state index in [2.05, 4.69) is 47.1 Å². The number of aromatic amines is 1. The summed E-state index contributed by atoms with van der Waals surface area (Å²) in [6, 6.07) is 9.94. The maximum absolute atomic E-state index is 5.49. The molecule has 2 aromatic heterocycles. The van der Waals surface area contributed by atoms with Gasteiger partial charge >= 0.3 is 0 Å². The standard InChI is InChI=1S/C13H11Br2N3O/c14-9-5-8(19-13(9)15)6-16-7-12-17-10-3-1-2-4-11(10)18-12/h1-5,16H,6-7H2,(H,17,18). The minimum absolute atomic E-state index is 0.654. The Morgan fingerprint density at radius 3 is 2.79 bits per heavy atom. The Balaban J connectivity index is 1.63. The van der Waals surface area contributed by atoms with Crippen molar-refractivity contribution in [2.45, 2.75) is 13.1 Å². The Hall–Kier alpha value is -1.11. The van der Waals surface area contributed by atoms with E-state index in [1.807, 2.05) is 30.3 Å². The second-order valence-electron chi connectivity index (χ2n) is 4.14. The van der Waals surface area contributed by atoms with Crippen LogP contribution in [-0.4, -0.2) is 9.97 Å². The molecule has 98 valence electrons. The fourth-order valence-corrected chi connectivity index (χ4v) is 2.53. The molecule has 0 aliphatic rings. The van der Waals surface area contributed by atoms with E-state index in [1.165, 1.54) is 0 Å². The van der Waals surface area contributed by atoms with Crippen molar-refractivity contribution in [3.8, 4) is 0 Å². The van der Waals surface area contributed by atoms with E-state index in [0.717, 1.165) is 27.1 Å². The van der Waals surface area contributed by atoms with Gasteiger partial charge < -0.3 is 14.7 Å².